The predicted molar refractivity (Wildman–Crippen MR) is 98.8 cm³/mol. The Balaban J connectivity index is 1.68. The van der Waals surface area contributed by atoms with Crippen molar-refractivity contribution in [3.05, 3.63) is 77.6 Å². The fourth-order valence-corrected chi connectivity index (χ4v) is 3.10. The van der Waals surface area contributed by atoms with Crippen molar-refractivity contribution < 1.29 is 0 Å². The largest absolute Gasteiger partial charge is 0.260 e. The molecule has 0 N–H and O–H groups in total. The van der Waals surface area contributed by atoms with E-state index in [2.05, 4.69) is 66.5 Å². The zero-order valence-electron chi connectivity index (χ0n) is 14.0. The summed E-state index contributed by atoms with van der Waals surface area (Å²) in [5.74, 6) is 0. The van der Waals surface area contributed by atoms with E-state index in [4.69, 9.17) is 0 Å². The molecule has 0 radical (unpaired) electrons. The minimum Gasteiger partial charge on any atom is -0.260 e. The topological polar surface area (TPSA) is 12.9 Å². The number of aryl methyl sites for hydroxylation is 1. The molecule has 3 aromatic rings. The minimum absolute atomic E-state index is 0.900. The molecule has 0 fully saturated rings. The molecule has 0 aliphatic heterocycles. The number of pyridine rings is 1. The molecule has 0 bridgehead atoms. The van der Waals surface area contributed by atoms with E-state index in [0.29, 0.717) is 0 Å². The van der Waals surface area contributed by atoms with E-state index in [1.54, 1.807) is 0 Å². The van der Waals surface area contributed by atoms with E-state index in [0.717, 1.165) is 6.42 Å². The lowest BCUT2D eigenvalue weighted by atomic mass is 10.0. The quantitative estimate of drug-likeness (QED) is 0.492. The molecule has 0 aliphatic rings. The van der Waals surface area contributed by atoms with Gasteiger partial charge in [0.05, 0.1) is 5.69 Å². The monoisotopic (exact) mass is 303 g/mol. The summed E-state index contributed by atoms with van der Waals surface area (Å²) in [5.41, 5.74) is 3.96. The van der Waals surface area contributed by atoms with Crippen molar-refractivity contribution in [1.29, 1.82) is 0 Å². The van der Waals surface area contributed by atoms with Gasteiger partial charge < -0.3 is 0 Å². The van der Waals surface area contributed by atoms with Gasteiger partial charge in [-0.2, -0.15) is 0 Å². The Hall–Kier alpha value is -2.15. The molecule has 0 saturated carbocycles. The molecule has 0 saturated heterocycles. The Bertz CT molecular complexity index is 738. The fraction of sp³-hybridized carbons (Fsp3) is 0.318. The van der Waals surface area contributed by atoms with Crippen LogP contribution in [-0.4, -0.2) is 4.98 Å². The van der Waals surface area contributed by atoms with E-state index in [9.17, 15) is 0 Å². The van der Waals surface area contributed by atoms with Gasteiger partial charge in [0.2, 0.25) is 0 Å². The highest BCUT2D eigenvalue weighted by molar-refractivity contribution is 5.84. The molecular formula is C22H25N. The van der Waals surface area contributed by atoms with Gasteiger partial charge in [0.25, 0.3) is 0 Å². The van der Waals surface area contributed by atoms with Crippen LogP contribution in [0.2, 0.25) is 0 Å². The summed E-state index contributed by atoms with van der Waals surface area (Å²) in [6.07, 6.45) is 9.32. The number of fused-ring (bicyclic) bond motifs is 1. The van der Waals surface area contributed by atoms with Gasteiger partial charge in [0.1, 0.15) is 0 Å². The molecule has 2 aromatic carbocycles. The highest BCUT2D eigenvalue weighted by Crippen LogP contribution is 2.19. The summed E-state index contributed by atoms with van der Waals surface area (Å²) in [7, 11) is 0. The number of aromatic nitrogens is 1. The Morgan fingerprint density at radius 1 is 0.783 bits per heavy atom. The molecular weight excluding hydrogens is 278 g/mol. The van der Waals surface area contributed by atoms with Crippen molar-refractivity contribution in [2.45, 2.75) is 45.4 Å². The first-order chi connectivity index (χ1) is 11.4. The molecule has 1 heteroatoms. The number of unbranched alkanes of at least 4 members (excludes halogenated alkanes) is 3. The summed E-state index contributed by atoms with van der Waals surface area (Å²) >= 11 is 0. The van der Waals surface area contributed by atoms with Gasteiger partial charge >= 0.3 is 0 Å². The first-order valence-electron chi connectivity index (χ1n) is 8.77. The van der Waals surface area contributed by atoms with Crippen molar-refractivity contribution in [1.82, 2.24) is 4.98 Å². The van der Waals surface area contributed by atoms with E-state index >= 15 is 0 Å². The summed E-state index contributed by atoms with van der Waals surface area (Å²) < 4.78 is 0. The smallest absolute Gasteiger partial charge is 0.0525 e. The molecule has 0 atom stereocenters. The third-order valence-corrected chi connectivity index (χ3v) is 4.47. The third-order valence-electron chi connectivity index (χ3n) is 4.47. The van der Waals surface area contributed by atoms with Crippen molar-refractivity contribution >= 4 is 10.8 Å². The fourth-order valence-electron chi connectivity index (χ4n) is 3.10. The molecule has 0 spiro atoms. The molecule has 1 heterocycles. The van der Waals surface area contributed by atoms with Crippen LogP contribution in [0.15, 0.2) is 60.8 Å². The van der Waals surface area contributed by atoms with Crippen molar-refractivity contribution in [2.75, 3.05) is 0 Å². The van der Waals surface area contributed by atoms with E-state index in [1.165, 1.54) is 59.7 Å². The number of nitrogens with zero attached hydrogens (tertiary/aromatic N) is 1. The lowest BCUT2D eigenvalue weighted by molar-refractivity contribution is 0.667. The number of rotatable bonds is 7. The summed E-state index contributed by atoms with van der Waals surface area (Å²) in [5, 5.41) is 2.53. The summed E-state index contributed by atoms with van der Waals surface area (Å²) in [6, 6.07) is 19.7. The van der Waals surface area contributed by atoms with Crippen LogP contribution in [0.5, 0.6) is 0 Å². The van der Waals surface area contributed by atoms with Crippen LogP contribution in [0.4, 0.5) is 0 Å². The Morgan fingerprint density at radius 2 is 1.57 bits per heavy atom. The first kappa shape index (κ1) is 15.7. The van der Waals surface area contributed by atoms with Crippen molar-refractivity contribution in [3.8, 4) is 0 Å². The van der Waals surface area contributed by atoms with Crippen LogP contribution >= 0.6 is 0 Å². The summed E-state index contributed by atoms with van der Waals surface area (Å²) in [6.45, 7) is 2.26. The summed E-state index contributed by atoms with van der Waals surface area (Å²) in [4.78, 5) is 4.59. The lowest BCUT2D eigenvalue weighted by Crippen LogP contribution is -1.94. The first-order valence-corrected chi connectivity index (χ1v) is 8.77. The van der Waals surface area contributed by atoms with Crippen molar-refractivity contribution in [3.63, 3.8) is 0 Å². The van der Waals surface area contributed by atoms with Crippen LogP contribution in [-0.2, 0) is 12.8 Å². The second kappa shape index (κ2) is 7.92. The molecule has 1 aromatic heterocycles. The van der Waals surface area contributed by atoms with Gasteiger partial charge in [-0.1, -0.05) is 74.7 Å². The second-order valence-electron chi connectivity index (χ2n) is 6.28. The van der Waals surface area contributed by atoms with Crippen molar-refractivity contribution in [2.24, 2.45) is 0 Å². The molecule has 0 amide bonds. The van der Waals surface area contributed by atoms with Crippen LogP contribution in [0.25, 0.3) is 10.8 Å². The zero-order chi connectivity index (χ0) is 15.9. The van der Waals surface area contributed by atoms with Gasteiger partial charge in [0.15, 0.2) is 0 Å². The van der Waals surface area contributed by atoms with Gasteiger partial charge in [-0.25, -0.2) is 0 Å². The standard InChI is InChI=1S/C22H25N/c1-2-3-4-5-8-18-11-13-19(14-12-18)17-22-21-10-7-6-9-20(21)15-16-23-22/h6-7,9-16H,2-5,8,17H2,1H3. The van der Waals surface area contributed by atoms with Gasteiger partial charge in [-0.05, 0) is 35.4 Å². The van der Waals surface area contributed by atoms with E-state index in [1.807, 2.05) is 6.20 Å². The van der Waals surface area contributed by atoms with Gasteiger partial charge in [0, 0.05) is 18.0 Å². The molecule has 0 aliphatic carbocycles. The van der Waals surface area contributed by atoms with Crippen LogP contribution in [0, 0.1) is 0 Å². The molecule has 23 heavy (non-hydrogen) atoms. The predicted octanol–water partition coefficient (Wildman–Crippen LogP) is 5.95. The number of hydrogen-bond donors (Lipinski definition) is 0. The number of benzene rings is 2. The third kappa shape index (κ3) is 4.19. The number of hydrogen-bond acceptors (Lipinski definition) is 1. The molecule has 118 valence electrons. The SMILES string of the molecule is CCCCCCc1ccc(Cc2nccc3ccccc23)cc1. The van der Waals surface area contributed by atoms with Crippen LogP contribution in [0.1, 0.15) is 49.4 Å². The normalized spacial score (nSPS) is 11.0. The average Bonchev–Trinajstić information content (AvgIpc) is 2.60. The maximum Gasteiger partial charge on any atom is 0.0525 e. The minimum atomic E-state index is 0.900. The second-order valence-corrected chi connectivity index (χ2v) is 6.28. The van der Waals surface area contributed by atoms with E-state index < -0.39 is 0 Å². The van der Waals surface area contributed by atoms with Crippen LogP contribution < -0.4 is 0 Å². The molecule has 3 rings (SSSR count). The van der Waals surface area contributed by atoms with Gasteiger partial charge in [-0.3, -0.25) is 4.98 Å². The lowest BCUT2D eigenvalue weighted by Gasteiger charge is -2.07. The maximum atomic E-state index is 4.59. The Kier molecular flexibility index (Phi) is 5.42. The molecule has 0 unspecified atom stereocenters. The molecule has 1 nitrogen and oxygen atoms in total. The maximum absolute atomic E-state index is 4.59. The zero-order valence-corrected chi connectivity index (χ0v) is 14.0. The van der Waals surface area contributed by atoms with Crippen LogP contribution in [0.3, 0.4) is 0 Å². The Labute approximate surface area is 139 Å². The van der Waals surface area contributed by atoms with E-state index in [-0.39, 0.29) is 0 Å². The average molecular weight is 303 g/mol. The Morgan fingerprint density at radius 3 is 2.39 bits per heavy atom. The van der Waals surface area contributed by atoms with Gasteiger partial charge in [-0.15, -0.1) is 0 Å². The highest BCUT2D eigenvalue weighted by atomic mass is 14.7. The highest BCUT2D eigenvalue weighted by Gasteiger charge is 2.03.